The maximum Gasteiger partial charge on any atom is 2.00 e. The van der Waals surface area contributed by atoms with Crippen LogP contribution in [0.25, 0.3) is 10.6 Å². The summed E-state index contributed by atoms with van der Waals surface area (Å²) in [7, 11) is 0. The van der Waals surface area contributed by atoms with E-state index in [0.717, 1.165) is 44.5 Å². The average Bonchev–Trinajstić information content (AvgIpc) is 3.62. The molecule has 0 unspecified atom stereocenters. The van der Waals surface area contributed by atoms with E-state index in [4.69, 9.17) is 0 Å². The fourth-order valence-corrected chi connectivity index (χ4v) is 5.29. The van der Waals surface area contributed by atoms with Crippen LogP contribution in [0.2, 0.25) is 0 Å². The second-order valence-electron chi connectivity index (χ2n) is 11.8. The molecule has 0 atom stereocenters. The van der Waals surface area contributed by atoms with Gasteiger partial charge in [-0.05, 0) is 121 Å². The van der Waals surface area contributed by atoms with Crippen LogP contribution in [0.4, 0.5) is 23.3 Å². The van der Waals surface area contributed by atoms with E-state index >= 15 is 0 Å². The number of benzene rings is 2. The molecule has 0 spiro atoms. The minimum atomic E-state index is 0. The van der Waals surface area contributed by atoms with Crippen LogP contribution < -0.4 is 0 Å². The van der Waals surface area contributed by atoms with Gasteiger partial charge in [0, 0.05) is 48.1 Å². The van der Waals surface area contributed by atoms with Crippen molar-refractivity contribution in [3.05, 3.63) is 177 Å². The van der Waals surface area contributed by atoms with Gasteiger partial charge in [-0.15, -0.1) is 0 Å². The summed E-state index contributed by atoms with van der Waals surface area (Å²) in [5, 5.41) is 9.25. The summed E-state index contributed by atoms with van der Waals surface area (Å²) in [6, 6.07) is 31.4. The second kappa shape index (κ2) is 15.6. The molecule has 10 nitrogen and oxygen atoms in total. The molecule has 0 fully saturated rings. The van der Waals surface area contributed by atoms with Gasteiger partial charge in [0.05, 0.1) is 23.3 Å². The van der Waals surface area contributed by atoms with Gasteiger partial charge in [0.15, 0.2) is 0 Å². The quantitative estimate of drug-likeness (QED) is 0.169. The zero-order valence-electron chi connectivity index (χ0n) is 28.3. The molecule has 0 radical (unpaired) electrons. The predicted octanol–water partition coefficient (Wildman–Crippen LogP) is 9.27. The molecule has 2 aliphatic rings. The number of fused-ring (bicyclic) bond motifs is 2. The molecular formula is C40H32N10Ni. The molecule has 6 heterocycles. The van der Waals surface area contributed by atoms with E-state index in [2.05, 4.69) is 50.5 Å². The van der Waals surface area contributed by atoms with Gasteiger partial charge >= 0.3 is 16.5 Å². The van der Waals surface area contributed by atoms with Crippen molar-refractivity contribution >= 4 is 46.6 Å². The van der Waals surface area contributed by atoms with E-state index in [9.17, 15) is 0 Å². The summed E-state index contributed by atoms with van der Waals surface area (Å²) in [5.41, 5.74) is 8.26. The third kappa shape index (κ3) is 8.34. The zero-order valence-corrected chi connectivity index (χ0v) is 29.3. The average molecular weight is 711 g/mol. The Hall–Kier alpha value is -6.19. The minimum absolute atomic E-state index is 0. The van der Waals surface area contributed by atoms with Gasteiger partial charge < -0.3 is 30.6 Å². The van der Waals surface area contributed by atoms with Crippen LogP contribution in [-0.2, 0) is 16.5 Å². The van der Waals surface area contributed by atoms with Gasteiger partial charge in [0.1, 0.15) is 0 Å². The number of rotatable bonds is 4. The van der Waals surface area contributed by atoms with Crippen LogP contribution in [-0.4, -0.2) is 43.3 Å². The van der Waals surface area contributed by atoms with E-state index < -0.39 is 0 Å². The molecule has 0 bridgehead atoms. The van der Waals surface area contributed by atoms with Crippen molar-refractivity contribution in [2.75, 3.05) is 0 Å². The third-order valence-electron chi connectivity index (χ3n) is 7.73. The Bertz CT molecular complexity index is 2020. The maximum absolute atomic E-state index is 4.63. The Morgan fingerprint density at radius 1 is 0.373 bits per heavy atom. The Morgan fingerprint density at radius 3 is 0.824 bits per heavy atom. The molecule has 4 aromatic heterocycles. The van der Waals surface area contributed by atoms with Crippen LogP contribution in [0.5, 0.6) is 0 Å². The number of pyridine rings is 4. The van der Waals surface area contributed by atoms with Gasteiger partial charge in [-0.2, -0.15) is 0 Å². The number of amidine groups is 4. The molecule has 2 aliphatic heterocycles. The second-order valence-corrected chi connectivity index (χ2v) is 11.8. The van der Waals surface area contributed by atoms with E-state index in [1.807, 2.05) is 125 Å². The number of aryl methyl sites for hydroxylation is 4. The van der Waals surface area contributed by atoms with Crippen molar-refractivity contribution in [3.63, 3.8) is 0 Å². The Kier molecular flexibility index (Phi) is 10.6. The normalized spacial score (nSPS) is 15.8. The minimum Gasteiger partial charge on any atom is -0.357 e. The topological polar surface area (TPSA) is 129 Å². The zero-order chi connectivity index (χ0) is 34.5. The van der Waals surface area contributed by atoms with Crippen LogP contribution in [0.1, 0.15) is 44.5 Å². The predicted molar refractivity (Wildman–Crippen MR) is 200 cm³/mol. The molecule has 8 rings (SSSR count). The van der Waals surface area contributed by atoms with Gasteiger partial charge in [0.25, 0.3) is 0 Å². The summed E-state index contributed by atoms with van der Waals surface area (Å²) < 4.78 is 0. The van der Waals surface area contributed by atoms with Gasteiger partial charge in [0.2, 0.25) is 0 Å². The first-order valence-corrected chi connectivity index (χ1v) is 16.1. The standard InChI is InChI=1S/2C20H16N5.Ni/c2*1-13-7-9-21-17(11-13)23-19-15-5-3-4-6-16(15)20(25-19)24-18-12-14(2)8-10-22-18;/h2*3-12H,1-2H3;/q2*-1;+2. The van der Waals surface area contributed by atoms with Crippen LogP contribution in [0.3, 0.4) is 0 Å². The van der Waals surface area contributed by atoms with E-state index in [1.165, 1.54) is 0 Å². The first kappa shape index (κ1) is 34.7. The van der Waals surface area contributed by atoms with Crippen molar-refractivity contribution < 1.29 is 16.5 Å². The Balaban J connectivity index is 0.000000172. The van der Waals surface area contributed by atoms with E-state index in [-0.39, 0.29) is 16.5 Å². The molecule has 0 N–H and O–H groups in total. The van der Waals surface area contributed by atoms with Crippen LogP contribution in [0, 0.1) is 27.7 Å². The van der Waals surface area contributed by atoms with Crippen molar-refractivity contribution in [1.82, 2.24) is 19.9 Å². The Morgan fingerprint density at radius 2 is 0.608 bits per heavy atom. The summed E-state index contributed by atoms with van der Waals surface area (Å²) in [5.74, 6) is 5.07. The molecule has 0 saturated carbocycles. The largest absolute Gasteiger partial charge is 2.00 e. The van der Waals surface area contributed by atoms with Crippen LogP contribution in [0.15, 0.2) is 142 Å². The summed E-state index contributed by atoms with van der Waals surface area (Å²) >= 11 is 0. The number of hydrogen-bond donors (Lipinski definition) is 0. The van der Waals surface area contributed by atoms with Crippen molar-refractivity contribution in [3.8, 4) is 0 Å². The summed E-state index contributed by atoms with van der Waals surface area (Å²) in [4.78, 5) is 35.6. The van der Waals surface area contributed by atoms with Crippen LogP contribution >= 0.6 is 0 Å². The number of aromatic nitrogens is 4. The Labute approximate surface area is 306 Å². The monoisotopic (exact) mass is 710 g/mol. The molecule has 51 heavy (non-hydrogen) atoms. The maximum atomic E-state index is 4.63. The molecule has 0 amide bonds. The molecule has 252 valence electrons. The first-order valence-electron chi connectivity index (χ1n) is 16.1. The van der Waals surface area contributed by atoms with Crippen molar-refractivity contribution in [2.45, 2.75) is 27.7 Å². The van der Waals surface area contributed by atoms with Crippen molar-refractivity contribution in [1.29, 1.82) is 0 Å². The van der Waals surface area contributed by atoms with Gasteiger partial charge in [-0.1, -0.05) is 48.5 Å². The van der Waals surface area contributed by atoms with E-state index in [0.29, 0.717) is 46.6 Å². The van der Waals surface area contributed by atoms with E-state index in [1.54, 1.807) is 24.8 Å². The molecule has 6 aromatic rings. The number of hydrogen-bond acceptors (Lipinski definition) is 8. The molecule has 0 saturated heterocycles. The molecule has 11 heteroatoms. The van der Waals surface area contributed by atoms with Crippen molar-refractivity contribution in [2.24, 2.45) is 20.0 Å². The summed E-state index contributed by atoms with van der Waals surface area (Å²) in [6.07, 6.45) is 7.00. The van der Waals surface area contributed by atoms with Gasteiger partial charge in [-0.25, -0.2) is 0 Å². The smallest absolute Gasteiger partial charge is 0.357 e. The summed E-state index contributed by atoms with van der Waals surface area (Å²) in [6.45, 7) is 8.06. The fourth-order valence-electron chi connectivity index (χ4n) is 5.29. The number of aliphatic imine (C=N–C) groups is 4. The number of nitrogens with zero attached hydrogens (tertiary/aromatic N) is 10. The molecular weight excluding hydrogens is 679 g/mol. The third-order valence-corrected chi connectivity index (χ3v) is 7.73. The SMILES string of the molecule is Cc1ccnc(N=C2[N-]C(=Nc3cc(C)ccn3)c3ccccc32)c1.Cc1ccnc(N=C2[N-]C(=Nc3cc(C)ccn3)c3ccccc32)c1.[Ni+2]. The fraction of sp³-hybridized carbons (Fsp3) is 0.100. The van der Waals surface area contributed by atoms with Gasteiger partial charge in [-0.3, -0.25) is 19.9 Å². The molecule has 0 aliphatic carbocycles. The molecule has 2 aromatic carbocycles. The first-order chi connectivity index (χ1) is 24.4.